The standard InChI is InChI=1S/C16H22N2O.ClH/c1-13-4-2-3-5-15(13)6-7-16(19)18-12-14-8-10-17-11-9-14;/h2-5,8,17H,6-7,9-12H2,1H3,(H,18,19);1H. The summed E-state index contributed by atoms with van der Waals surface area (Å²) in [6, 6.07) is 8.24. The van der Waals surface area contributed by atoms with Crippen molar-refractivity contribution < 1.29 is 4.79 Å². The Morgan fingerprint density at radius 2 is 2.15 bits per heavy atom. The van der Waals surface area contributed by atoms with Gasteiger partial charge in [0.15, 0.2) is 0 Å². The molecule has 2 rings (SSSR count). The van der Waals surface area contributed by atoms with Crippen molar-refractivity contribution in [3.05, 3.63) is 47.0 Å². The van der Waals surface area contributed by atoms with Crippen molar-refractivity contribution in [1.82, 2.24) is 10.6 Å². The van der Waals surface area contributed by atoms with Crippen LogP contribution in [-0.2, 0) is 11.2 Å². The smallest absolute Gasteiger partial charge is 0.220 e. The fourth-order valence-corrected chi connectivity index (χ4v) is 2.27. The van der Waals surface area contributed by atoms with Gasteiger partial charge in [0.1, 0.15) is 0 Å². The number of aryl methyl sites for hydroxylation is 2. The van der Waals surface area contributed by atoms with Crippen LogP contribution in [0.2, 0.25) is 0 Å². The molecule has 0 bridgehead atoms. The van der Waals surface area contributed by atoms with Crippen molar-refractivity contribution in [2.75, 3.05) is 19.6 Å². The summed E-state index contributed by atoms with van der Waals surface area (Å²) in [7, 11) is 0. The van der Waals surface area contributed by atoms with Gasteiger partial charge in [0.25, 0.3) is 0 Å². The third kappa shape index (κ3) is 5.35. The SMILES string of the molecule is Cc1ccccc1CCC(=O)NCC1=CCNCC1.Cl. The fourth-order valence-electron chi connectivity index (χ4n) is 2.27. The van der Waals surface area contributed by atoms with Crippen molar-refractivity contribution in [2.24, 2.45) is 0 Å². The highest BCUT2D eigenvalue weighted by molar-refractivity contribution is 5.85. The lowest BCUT2D eigenvalue weighted by atomic mass is 10.0. The lowest BCUT2D eigenvalue weighted by Crippen LogP contribution is -2.29. The van der Waals surface area contributed by atoms with E-state index >= 15 is 0 Å². The molecule has 4 heteroatoms. The maximum absolute atomic E-state index is 11.8. The van der Waals surface area contributed by atoms with E-state index in [1.165, 1.54) is 16.7 Å². The van der Waals surface area contributed by atoms with Gasteiger partial charge < -0.3 is 10.6 Å². The van der Waals surface area contributed by atoms with E-state index in [-0.39, 0.29) is 18.3 Å². The number of hydrogen-bond acceptors (Lipinski definition) is 2. The summed E-state index contributed by atoms with van der Waals surface area (Å²) in [6.45, 7) is 4.74. The van der Waals surface area contributed by atoms with Gasteiger partial charge in [0, 0.05) is 19.5 Å². The number of benzene rings is 1. The van der Waals surface area contributed by atoms with Crippen LogP contribution in [0.3, 0.4) is 0 Å². The van der Waals surface area contributed by atoms with E-state index in [1.807, 2.05) is 12.1 Å². The van der Waals surface area contributed by atoms with Crippen LogP contribution in [-0.4, -0.2) is 25.5 Å². The quantitative estimate of drug-likeness (QED) is 0.819. The first-order valence-corrected chi connectivity index (χ1v) is 6.95. The fraction of sp³-hybridized carbons (Fsp3) is 0.438. The van der Waals surface area contributed by atoms with E-state index in [1.54, 1.807) is 0 Å². The first kappa shape index (κ1) is 16.7. The van der Waals surface area contributed by atoms with Gasteiger partial charge >= 0.3 is 0 Å². The van der Waals surface area contributed by atoms with Gasteiger partial charge in [0.05, 0.1) is 0 Å². The van der Waals surface area contributed by atoms with Gasteiger partial charge in [-0.15, -0.1) is 12.4 Å². The van der Waals surface area contributed by atoms with Crippen molar-refractivity contribution in [2.45, 2.75) is 26.2 Å². The van der Waals surface area contributed by atoms with E-state index in [0.29, 0.717) is 13.0 Å². The zero-order chi connectivity index (χ0) is 13.5. The number of halogens is 1. The van der Waals surface area contributed by atoms with Crippen LogP contribution in [0.25, 0.3) is 0 Å². The van der Waals surface area contributed by atoms with Gasteiger partial charge in [-0.3, -0.25) is 4.79 Å². The van der Waals surface area contributed by atoms with E-state index in [0.717, 1.165) is 25.9 Å². The molecule has 20 heavy (non-hydrogen) atoms. The molecule has 110 valence electrons. The molecule has 0 aliphatic carbocycles. The Hall–Kier alpha value is -1.32. The summed E-state index contributed by atoms with van der Waals surface area (Å²) in [5, 5.41) is 6.27. The van der Waals surface area contributed by atoms with E-state index < -0.39 is 0 Å². The van der Waals surface area contributed by atoms with Crippen LogP contribution in [0.15, 0.2) is 35.9 Å². The molecule has 1 heterocycles. The molecule has 1 aliphatic rings. The Labute approximate surface area is 127 Å². The van der Waals surface area contributed by atoms with Crippen molar-refractivity contribution in [3.63, 3.8) is 0 Å². The second kappa shape index (κ2) is 8.77. The molecule has 2 N–H and O–H groups in total. The minimum absolute atomic E-state index is 0. The van der Waals surface area contributed by atoms with Crippen LogP contribution in [0.5, 0.6) is 0 Å². The maximum atomic E-state index is 11.8. The minimum Gasteiger partial charge on any atom is -0.352 e. The zero-order valence-electron chi connectivity index (χ0n) is 11.9. The van der Waals surface area contributed by atoms with Gasteiger partial charge in [-0.05, 0) is 37.4 Å². The highest BCUT2D eigenvalue weighted by atomic mass is 35.5. The largest absolute Gasteiger partial charge is 0.352 e. The molecule has 1 aromatic carbocycles. The van der Waals surface area contributed by atoms with Crippen molar-refractivity contribution >= 4 is 18.3 Å². The van der Waals surface area contributed by atoms with Crippen molar-refractivity contribution in [1.29, 1.82) is 0 Å². The number of amides is 1. The average molecular weight is 295 g/mol. The number of carbonyl (C=O) groups excluding carboxylic acids is 1. The lowest BCUT2D eigenvalue weighted by Gasteiger charge is -2.14. The number of hydrogen-bond donors (Lipinski definition) is 2. The summed E-state index contributed by atoms with van der Waals surface area (Å²) < 4.78 is 0. The Bertz CT molecular complexity index is 471. The molecule has 0 aromatic heterocycles. The topological polar surface area (TPSA) is 41.1 Å². The van der Waals surface area contributed by atoms with Gasteiger partial charge in [-0.25, -0.2) is 0 Å². The van der Waals surface area contributed by atoms with Crippen molar-refractivity contribution in [3.8, 4) is 0 Å². The highest BCUT2D eigenvalue weighted by Gasteiger charge is 2.06. The first-order chi connectivity index (χ1) is 9.25. The predicted molar refractivity (Wildman–Crippen MR) is 85.3 cm³/mol. The molecule has 0 spiro atoms. The van der Waals surface area contributed by atoms with Crippen LogP contribution in [0, 0.1) is 6.92 Å². The van der Waals surface area contributed by atoms with Crippen LogP contribution in [0.4, 0.5) is 0 Å². The first-order valence-electron chi connectivity index (χ1n) is 6.95. The minimum atomic E-state index is 0. The monoisotopic (exact) mass is 294 g/mol. The van der Waals surface area contributed by atoms with Crippen LogP contribution in [0.1, 0.15) is 24.0 Å². The Balaban J connectivity index is 0.00000200. The van der Waals surface area contributed by atoms with Crippen LogP contribution >= 0.6 is 12.4 Å². The van der Waals surface area contributed by atoms with Gasteiger partial charge in [0.2, 0.25) is 5.91 Å². The number of nitrogens with one attached hydrogen (secondary N) is 2. The molecule has 0 atom stereocenters. The second-order valence-electron chi connectivity index (χ2n) is 5.02. The molecular formula is C16H23ClN2O. The predicted octanol–water partition coefficient (Wildman–Crippen LogP) is 2.39. The summed E-state index contributed by atoms with van der Waals surface area (Å²) in [6.07, 6.45) is 4.60. The third-order valence-corrected chi connectivity index (χ3v) is 3.55. The Kier molecular flexibility index (Phi) is 7.34. The molecule has 0 unspecified atom stereocenters. The molecule has 0 saturated heterocycles. The molecule has 0 saturated carbocycles. The van der Waals surface area contributed by atoms with E-state index in [9.17, 15) is 4.79 Å². The Morgan fingerprint density at radius 3 is 2.85 bits per heavy atom. The molecule has 1 amide bonds. The second-order valence-corrected chi connectivity index (χ2v) is 5.02. The van der Waals surface area contributed by atoms with E-state index in [4.69, 9.17) is 0 Å². The van der Waals surface area contributed by atoms with E-state index in [2.05, 4.69) is 35.8 Å². The van der Waals surface area contributed by atoms with Crippen LogP contribution < -0.4 is 10.6 Å². The van der Waals surface area contributed by atoms with Gasteiger partial charge in [-0.2, -0.15) is 0 Å². The molecule has 0 fully saturated rings. The molecule has 3 nitrogen and oxygen atoms in total. The maximum Gasteiger partial charge on any atom is 0.220 e. The summed E-state index contributed by atoms with van der Waals surface area (Å²) >= 11 is 0. The number of carbonyl (C=O) groups is 1. The lowest BCUT2D eigenvalue weighted by molar-refractivity contribution is -0.120. The zero-order valence-corrected chi connectivity index (χ0v) is 12.8. The summed E-state index contributed by atoms with van der Waals surface area (Å²) in [4.78, 5) is 11.8. The average Bonchev–Trinajstić information content (AvgIpc) is 2.45. The highest BCUT2D eigenvalue weighted by Crippen LogP contribution is 2.09. The van der Waals surface area contributed by atoms with Gasteiger partial charge in [-0.1, -0.05) is 35.9 Å². The molecule has 0 radical (unpaired) electrons. The third-order valence-electron chi connectivity index (χ3n) is 3.55. The molecular weight excluding hydrogens is 272 g/mol. The number of rotatable bonds is 5. The summed E-state index contributed by atoms with van der Waals surface area (Å²) in [5.74, 6) is 0.141. The molecule has 1 aromatic rings. The summed E-state index contributed by atoms with van der Waals surface area (Å²) in [5.41, 5.74) is 3.86. The Morgan fingerprint density at radius 1 is 1.35 bits per heavy atom. The molecule has 1 aliphatic heterocycles. The normalized spacial score (nSPS) is 14.2.